The van der Waals surface area contributed by atoms with E-state index in [0.29, 0.717) is 22.9 Å². The van der Waals surface area contributed by atoms with Gasteiger partial charge in [-0.1, -0.05) is 6.42 Å². The summed E-state index contributed by atoms with van der Waals surface area (Å²) in [5, 5.41) is 2.75. The summed E-state index contributed by atoms with van der Waals surface area (Å²) in [5.41, 5.74) is 1.28. The molecule has 3 rings (SSSR count). The van der Waals surface area contributed by atoms with Gasteiger partial charge in [0.2, 0.25) is 15.9 Å². The zero-order valence-electron chi connectivity index (χ0n) is 22.7. The number of nitrogens with one attached hydrogen (secondary N) is 1. The van der Waals surface area contributed by atoms with Crippen molar-refractivity contribution < 1.29 is 22.7 Å². The average molecular weight is 525 g/mol. The van der Waals surface area contributed by atoms with Crippen molar-refractivity contribution in [2.24, 2.45) is 5.92 Å². The van der Waals surface area contributed by atoms with Crippen LogP contribution in [0.25, 0.3) is 0 Å². The maximum absolute atomic E-state index is 13.3. The molecule has 0 bridgehead atoms. The topological polar surface area (TPSA) is 91.4 Å². The number of benzene rings is 1. The quantitative estimate of drug-likeness (QED) is 0.500. The molecule has 0 aromatic heterocycles. The molecule has 0 radical (unpaired) electrons. The van der Waals surface area contributed by atoms with Crippen molar-refractivity contribution in [3.63, 3.8) is 0 Å². The van der Waals surface area contributed by atoms with E-state index in [1.54, 1.807) is 47.2 Å². The molecule has 10 heteroatoms. The Morgan fingerprint density at radius 2 is 1.81 bits per heavy atom. The van der Waals surface area contributed by atoms with Crippen molar-refractivity contribution in [2.45, 2.75) is 56.6 Å². The van der Waals surface area contributed by atoms with Crippen molar-refractivity contribution >= 4 is 15.9 Å². The predicted octanol–water partition coefficient (Wildman–Crippen LogP) is 1.87. The standard InChI is InChI=1S/C26H44N4O5S/c1-19-16-23(34-6)17-20(2)25(19)36(32,33)29(5)14-15-35-24(26(31)27-3)21-8-7-9-22(18-21)30-12-10-28(4)11-13-30/h16-17,21-22,24H,7-15,18H2,1-6H3,(H,27,31)/t21-,22+,24?/m1/s1. The number of hydrogen-bond donors (Lipinski definition) is 1. The van der Waals surface area contributed by atoms with E-state index in [0.717, 1.165) is 51.9 Å². The van der Waals surface area contributed by atoms with Crippen LogP contribution in [0, 0.1) is 19.8 Å². The fourth-order valence-electron chi connectivity index (χ4n) is 5.58. The van der Waals surface area contributed by atoms with Gasteiger partial charge in [0.15, 0.2) is 0 Å². The van der Waals surface area contributed by atoms with Gasteiger partial charge in [0, 0.05) is 52.9 Å². The summed E-state index contributed by atoms with van der Waals surface area (Å²) in [6, 6.07) is 3.93. The van der Waals surface area contributed by atoms with E-state index >= 15 is 0 Å². The van der Waals surface area contributed by atoms with E-state index in [-0.39, 0.29) is 29.9 Å². The lowest BCUT2D eigenvalue weighted by Gasteiger charge is -2.42. The molecule has 1 saturated heterocycles. The lowest BCUT2D eigenvalue weighted by Crippen LogP contribution is -2.52. The van der Waals surface area contributed by atoms with Crippen LogP contribution in [0.5, 0.6) is 5.75 Å². The Morgan fingerprint density at radius 3 is 2.39 bits per heavy atom. The molecule has 9 nitrogen and oxygen atoms in total. The summed E-state index contributed by atoms with van der Waals surface area (Å²) in [7, 11) is 3.19. The Hall–Kier alpha value is -1.72. The molecule has 36 heavy (non-hydrogen) atoms. The zero-order valence-corrected chi connectivity index (χ0v) is 23.6. The van der Waals surface area contributed by atoms with Gasteiger partial charge in [-0.2, -0.15) is 4.31 Å². The molecule has 1 heterocycles. The van der Waals surface area contributed by atoms with Crippen LogP contribution in [0.4, 0.5) is 0 Å². The van der Waals surface area contributed by atoms with E-state index in [1.807, 2.05) is 0 Å². The zero-order chi connectivity index (χ0) is 26.5. The number of sulfonamides is 1. The monoisotopic (exact) mass is 524 g/mol. The Labute approximate surface area is 217 Å². The Bertz CT molecular complexity index is 971. The Balaban J connectivity index is 1.63. The van der Waals surface area contributed by atoms with Crippen LogP contribution in [0.1, 0.15) is 36.8 Å². The molecule has 1 unspecified atom stereocenters. The first-order valence-electron chi connectivity index (χ1n) is 13.0. The highest BCUT2D eigenvalue weighted by Crippen LogP contribution is 2.32. The number of aryl methyl sites for hydroxylation is 2. The second-order valence-electron chi connectivity index (χ2n) is 10.2. The minimum absolute atomic E-state index is 0.122. The summed E-state index contributed by atoms with van der Waals surface area (Å²) in [5.74, 6) is 0.619. The highest BCUT2D eigenvalue weighted by Gasteiger charge is 2.36. The van der Waals surface area contributed by atoms with E-state index < -0.39 is 16.1 Å². The molecule has 1 aromatic carbocycles. The molecule has 1 aliphatic heterocycles. The fraction of sp³-hybridized carbons (Fsp3) is 0.731. The largest absolute Gasteiger partial charge is 0.497 e. The maximum Gasteiger partial charge on any atom is 0.249 e. The molecule has 3 atom stereocenters. The summed E-state index contributed by atoms with van der Waals surface area (Å²) in [6.45, 7) is 8.13. The number of likely N-dealkylation sites (N-methyl/N-ethyl adjacent to an activating group) is 3. The minimum Gasteiger partial charge on any atom is -0.497 e. The molecule has 2 fully saturated rings. The molecule has 1 aromatic rings. The van der Waals surface area contributed by atoms with Crippen molar-refractivity contribution in [3.8, 4) is 5.75 Å². The average Bonchev–Trinajstić information content (AvgIpc) is 2.85. The van der Waals surface area contributed by atoms with Gasteiger partial charge in [-0.3, -0.25) is 9.69 Å². The van der Waals surface area contributed by atoms with Crippen molar-refractivity contribution in [3.05, 3.63) is 23.3 Å². The van der Waals surface area contributed by atoms with E-state index in [1.165, 1.54) is 4.31 Å². The van der Waals surface area contributed by atoms with Gasteiger partial charge in [0.25, 0.3) is 0 Å². The van der Waals surface area contributed by atoms with Crippen LogP contribution < -0.4 is 10.1 Å². The van der Waals surface area contributed by atoms with E-state index in [2.05, 4.69) is 22.2 Å². The van der Waals surface area contributed by atoms with Crippen molar-refractivity contribution in [1.29, 1.82) is 0 Å². The third-order valence-electron chi connectivity index (χ3n) is 7.72. The number of nitrogens with zero attached hydrogens (tertiary/aromatic N) is 3. The maximum atomic E-state index is 13.3. The van der Waals surface area contributed by atoms with Crippen molar-refractivity contribution in [2.75, 3.05) is 67.6 Å². The molecule has 1 saturated carbocycles. The summed E-state index contributed by atoms with van der Waals surface area (Å²) < 4.78 is 39.3. The number of rotatable bonds is 10. The summed E-state index contributed by atoms with van der Waals surface area (Å²) >= 11 is 0. The van der Waals surface area contributed by atoms with E-state index in [9.17, 15) is 13.2 Å². The second kappa shape index (κ2) is 12.7. The van der Waals surface area contributed by atoms with Gasteiger partial charge in [-0.15, -0.1) is 0 Å². The summed E-state index contributed by atoms with van der Waals surface area (Å²) in [6.07, 6.45) is 3.53. The number of methoxy groups -OCH3 is 1. The third kappa shape index (κ3) is 6.77. The number of piperazine rings is 1. The Kier molecular flexibility index (Phi) is 10.2. The number of carbonyl (C=O) groups is 1. The molecule has 0 spiro atoms. The first kappa shape index (κ1) is 28.8. The van der Waals surface area contributed by atoms with Crippen molar-refractivity contribution in [1.82, 2.24) is 19.4 Å². The predicted molar refractivity (Wildman–Crippen MR) is 141 cm³/mol. The van der Waals surface area contributed by atoms with Crippen LogP contribution in [0.2, 0.25) is 0 Å². The number of amides is 1. The van der Waals surface area contributed by atoms with E-state index in [4.69, 9.17) is 9.47 Å². The lowest BCUT2D eigenvalue weighted by atomic mass is 9.81. The van der Waals surface area contributed by atoms with Crippen LogP contribution in [-0.4, -0.2) is 108 Å². The molecular formula is C26H44N4O5S. The smallest absolute Gasteiger partial charge is 0.249 e. The third-order valence-corrected chi connectivity index (χ3v) is 9.88. The Morgan fingerprint density at radius 1 is 1.17 bits per heavy atom. The van der Waals surface area contributed by atoms with Crippen LogP contribution >= 0.6 is 0 Å². The van der Waals surface area contributed by atoms with Gasteiger partial charge in [0.05, 0.1) is 18.6 Å². The van der Waals surface area contributed by atoms with Crippen LogP contribution in [-0.2, 0) is 19.6 Å². The molecule has 1 aliphatic carbocycles. The fourth-order valence-corrected chi connectivity index (χ4v) is 7.14. The normalized spacial score (nSPS) is 23.0. The molecule has 204 valence electrons. The molecular weight excluding hydrogens is 480 g/mol. The SMILES string of the molecule is CNC(=O)C(OCCN(C)S(=O)(=O)c1c(C)cc(OC)cc1C)[C@@H]1CCC[C@H](N2CCN(C)CC2)C1. The number of carbonyl (C=O) groups excluding carboxylic acids is 1. The van der Waals surface area contributed by atoms with Gasteiger partial charge in [0.1, 0.15) is 11.9 Å². The number of ether oxygens (including phenoxy) is 2. The number of hydrogen-bond acceptors (Lipinski definition) is 7. The highest BCUT2D eigenvalue weighted by atomic mass is 32.2. The van der Waals surface area contributed by atoms with Crippen LogP contribution in [0.3, 0.4) is 0 Å². The first-order valence-corrected chi connectivity index (χ1v) is 14.4. The first-order chi connectivity index (χ1) is 17.1. The van der Waals surface area contributed by atoms with Gasteiger partial charge < -0.3 is 19.7 Å². The lowest BCUT2D eigenvalue weighted by molar-refractivity contribution is -0.137. The van der Waals surface area contributed by atoms with Crippen LogP contribution in [0.15, 0.2) is 17.0 Å². The highest BCUT2D eigenvalue weighted by molar-refractivity contribution is 7.89. The second-order valence-corrected chi connectivity index (χ2v) is 12.2. The minimum atomic E-state index is -3.72. The summed E-state index contributed by atoms with van der Waals surface area (Å²) in [4.78, 5) is 18.0. The van der Waals surface area contributed by atoms with Gasteiger partial charge in [-0.25, -0.2) is 8.42 Å². The molecule has 2 aliphatic rings. The van der Waals surface area contributed by atoms with Gasteiger partial charge in [-0.05, 0) is 69.3 Å². The van der Waals surface area contributed by atoms with Gasteiger partial charge >= 0.3 is 0 Å². The molecule has 1 N–H and O–H groups in total. The molecule has 1 amide bonds.